The van der Waals surface area contributed by atoms with Crippen LogP contribution in [0.1, 0.15) is 23.2 Å². The predicted octanol–water partition coefficient (Wildman–Crippen LogP) is 0.816. The topological polar surface area (TPSA) is 113 Å². The Kier molecular flexibility index (Phi) is 5.98. The molecule has 2 aliphatic heterocycles. The molecule has 148 valence electrons. The van der Waals surface area contributed by atoms with Crippen molar-refractivity contribution in [1.29, 1.82) is 0 Å². The van der Waals surface area contributed by atoms with Crippen molar-refractivity contribution in [2.24, 2.45) is 0 Å². The van der Waals surface area contributed by atoms with E-state index in [0.29, 0.717) is 17.0 Å². The molecule has 1 aromatic rings. The molecular weight excluding hydrogens is 386 g/mol. The van der Waals surface area contributed by atoms with Crippen LogP contribution in [0, 0.1) is 0 Å². The van der Waals surface area contributed by atoms with Gasteiger partial charge in [0.2, 0.25) is 11.8 Å². The van der Waals surface area contributed by atoms with Gasteiger partial charge in [-0.05, 0) is 18.2 Å². The van der Waals surface area contributed by atoms with Crippen LogP contribution < -0.4 is 15.0 Å². The number of rotatable bonds is 7. The van der Waals surface area contributed by atoms with Gasteiger partial charge in [0.15, 0.2) is 12.4 Å². The summed E-state index contributed by atoms with van der Waals surface area (Å²) in [6.45, 7) is 0.230. The smallest absolute Gasteiger partial charge is 0.288 e. The highest BCUT2D eigenvalue weighted by atomic mass is 32.2. The zero-order chi connectivity index (χ0) is 20.3. The van der Waals surface area contributed by atoms with Crippen LogP contribution in [0.15, 0.2) is 18.2 Å². The number of likely N-dealkylation sites (N-methyl/N-ethyl adjacent to an activating group) is 1. The highest BCUT2D eigenvalue weighted by Gasteiger charge is 2.29. The average Bonchev–Trinajstić information content (AvgIpc) is 3.01. The van der Waals surface area contributed by atoms with Crippen molar-refractivity contribution < 1.29 is 28.7 Å². The van der Waals surface area contributed by atoms with E-state index in [-0.39, 0.29) is 67.0 Å². The van der Waals surface area contributed by atoms with Gasteiger partial charge in [0.05, 0.1) is 11.4 Å². The fourth-order valence-electron chi connectivity index (χ4n) is 2.81. The van der Waals surface area contributed by atoms with E-state index in [4.69, 9.17) is 4.74 Å². The number of benzene rings is 1. The molecule has 9 nitrogen and oxygen atoms in total. The van der Waals surface area contributed by atoms with Crippen LogP contribution in [0.3, 0.4) is 0 Å². The molecule has 10 heteroatoms. The van der Waals surface area contributed by atoms with E-state index in [1.165, 1.54) is 4.90 Å². The first-order chi connectivity index (χ1) is 13.4. The second-order valence-corrected chi connectivity index (χ2v) is 7.22. The minimum atomic E-state index is -0.339. The molecule has 2 aliphatic rings. The number of fused-ring (bicyclic) bond motifs is 1. The fourth-order valence-corrected chi connectivity index (χ4v) is 3.56. The zero-order valence-electron chi connectivity index (χ0n) is 15.2. The molecule has 4 amide bonds. The Bertz CT molecular complexity index is 840. The number of nitrogens with one attached hydrogen (secondary N) is 1. The van der Waals surface area contributed by atoms with Crippen LogP contribution in [-0.2, 0) is 14.4 Å². The predicted molar refractivity (Wildman–Crippen MR) is 101 cm³/mol. The van der Waals surface area contributed by atoms with Gasteiger partial charge in [-0.25, -0.2) is 0 Å². The van der Waals surface area contributed by atoms with Crippen molar-refractivity contribution in [3.05, 3.63) is 23.8 Å². The van der Waals surface area contributed by atoms with Crippen LogP contribution in [-0.4, -0.2) is 66.1 Å². The first-order valence-corrected chi connectivity index (χ1v) is 9.66. The molecule has 0 aromatic heterocycles. The van der Waals surface area contributed by atoms with E-state index >= 15 is 0 Å². The molecule has 0 radical (unpaired) electrons. The number of amides is 4. The molecule has 0 atom stereocenters. The van der Waals surface area contributed by atoms with Crippen LogP contribution in [0.4, 0.5) is 10.5 Å². The summed E-state index contributed by atoms with van der Waals surface area (Å²) >= 11 is 0.941. The quantitative estimate of drug-likeness (QED) is 0.668. The Hall–Kier alpha value is -2.88. The Morgan fingerprint density at radius 3 is 2.68 bits per heavy atom. The van der Waals surface area contributed by atoms with Gasteiger partial charge >= 0.3 is 0 Å². The second-order valence-electron chi connectivity index (χ2n) is 6.30. The third kappa shape index (κ3) is 4.33. The lowest BCUT2D eigenvalue weighted by Gasteiger charge is -2.26. The van der Waals surface area contributed by atoms with Crippen LogP contribution in [0.25, 0.3) is 0 Å². The largest absolute Gasteiger partial charge is 0.482 e. The Labute approximate surface area is 165 Å². The summed E-state index contributed by atoms with van der Waals surface area (Å²) in [5, 5.41) is 2.29. The number of ether oxygens (including phenoxy) is 1. The van der Waals surface area contributed by atoms with Gasteiger partial charge in [0.1, 0.15) is 5.75 Å². The van der Waals surface area contributed by atoms with Gasteiger partial charge in [0, 0.05) is 38.5 Å². The number of thioether (sulfide) groups is 1. The molecular formula is C18H19N3O6S. The van der Waals surface area contributed by atoms with E-state index < -0.39 is 0 Å². The van der Waals surface area contributed by atoms with Crippen molar-refractivity contribution in [3.8, 4) is 5.75 Å². The van der Waals surface area contributed by atoms with Gasteiger partial charge in [-0.2, -0.15) is 0 Å². The van der Waals surface area contributed by atoms with Crippen molar-refractivity contribution in [2.75, 3.05) is 37.4 Å². The Morgan fingerprint density at radius 1 is 1.18 bits per heavy atom. The minimum Gasteiger partial charge on any atom is -0.482 e. The van der Waals surface area contributed by atoms with Gasteiger partial charge in [-0.3, -0.25) is 28.9 Å². The van der Waals surface area contributed by atoms with Gasteiger partial charge in [-0.15, -0.1) is 0 Å². The third-order valence-electron chi connectivity index (χ3n) is 4.44. The SMILES string of the molecule is CN1C(=O)COc2ccc(C(=O)CCC(=O)NCCN3C(=O)CSC3=O)cc21. The summed E-state index contributed by atoms with van der Waals surface area (Å²) < 4.78 is 5.32. The summed E-state index contributed by atoms with van der Waals surface area (Å²) in [4.78, 5) is 61.4. The highest BCUT2D eigenvalue weighted by Crippen LogP contribution is 2.32. The third-order valence-corrected chi connectivity index (χ3v) is 5.30. The van der Waals surface area contributed by atoms with E-state index in [0.717, 1.165) is 16.7 Å². The van der Waals surface area contributed by atoms with E-state index in [9.17, 15) is 24.0 Å². The number of carbonyl (C=O) groups is 5. The molecule has 1 saturated heterocycles. The minimum absolute atomic E-state index is 0.000561. The fraction of sp³-hybridized carbons (Fsp3) is 0.389. The maximum Gasteiger partial charge on any atom is 0.288 e. The number of hydrogen-bond donors (Lipinski definition) is 1. The lowest BCUT2D eigenvalue weighted by molar-refractivity contribution is -0.125. The molecule has 0 aliphatic carbocycles. The monoisotopic (exact) mass is 405 g/mol. The maximum atomic E-state index is 12.4. The summed E-state index contributed by atoms with van der Waals surface area (Å²) in [6.07, 6.45) is -0.0155. The number of Topliss-reactive ketones (excluding diaryl/α,β-unsaturated/α-hetero) is 1. The van der Waals surface area contributed by atoms with Gasteiger partial charge in [0.25, 0.3) is 11.1 Å². The first kappa shape index (κ1) is 19.9. The zero-order valence-corrected chi connectivity index (χ0v) is 16.0. The van der Waals surface area contributed by atoms with Crippen LogP contribution in [0.5, 0.6) is 5.75 Å². The van der Waals surface area contributed by atoms with Crippen LogP contribution >= 0.6 is 11.8 Å². The van der Waals surface area contributed by atoms with E-state index in [1.807, 2.05) is 0 Å². The summed E-state index contributed by atoms with van der Waals surface area (Å²) in [6, 6.07) is 4.81. The number of anilines is 1. The van der Waals surface area contributed by atoms with E-state index in [1.54, 1.807) is 25.2 Å². The Balaban J connectivity index is 1.47. The number of nitrogens with zero attached hydrogens (tertiary/aromatic N) is 2. The number of hydrogen-bond acceptors (Lipinski definition) is 7. The number of imide groups is 1. The summed E-state index contributed by atoms with van der Waals surface area (Å²) in [5.74, 6) is -0.377. The summed E-state index contributed by atoms with van der Waals surface area (Å²) in [7, 11) is 1.61. The molecule has 28 heavy (non-hydrogen) atoms. The lowest BCUT2D eigenvalue weighted by atomic mass is 10.0. The van der Waals surface area contributed by atoms with Crippen LogP contribution in [0.2, 0.25) is 0 Å². The van der Waals surface area contributed by atoms with Gasteiger partial charge in [-0.1, -0.05) is 11.8 Å². The van der Waals surface area contributed by atoms with Crippen molar-refractivity contribution in [2.45, 2.75) is 12.8 Å². The molecule has 1 N–H and O–H groups in total. The number of ketones is 1. The van der Waals surface area contributed by atoms with Gasteiger partial charge < -0.3 is 15.0 Å². The lowest BCUT2D eigenvalue weighted by Crippen LogP contribution is -2.37. The molecule has 3 rings (SSSR count). The maximum absolute atomic E-state index is 12.4. The standard InChI is InChI=1S/C18H19N3O6S/c1-20-12-8-11(2-4-14(12)27-9-16(20)24)13(22)3-5-15(23)19-6-7-21-17(25)10-28-18(21)26/h2,4,8H,3,5-7,9-10H2,1H3,(H,19,23). The highest BCUT2D eigenvalue weighted by molar-refractivity contribution is 8.14. The molecule has 1 aromatic carbocycles. The first-order valence-electron chi connectivity index (χ1n) is 8.67. The number of carbonyl (C=O) groups excluding carboxylic acids is 5. The van der Waals surface area contributed by atoms with Crippen molar-refractivity contribution in [3.63, 3.8) is 0 Å². The normalized spacial score (nSPS) is 16.1. The van der Waals surface area contributed by atoms with Crippen molar-refractivity contribution >= 4 is 46.2 Å². The Morgan fingerprint density at radius 2 is 1.96 bits per heavy atom. The molecule has 0 bridgehead atoms. The molecule has 0 saturated carbocycles. The average molecular weight is 405 g/mol. The molecule has 1 fully saturated rings. The molecule has 0 spiro atoms. The summed E-state index contributed by atoms with van der Waals surface area (Å²) in [5.41, 5.74) is 0.909. The van der Waals surface area contributed by atoms with E-state index in [2.05, 4.69) is 5.32 Å². The molecule has 2 heterocycles. The second kappa shape index (κ2) is 8.42. The molecule has 0 unspecified atom stereocenters. The van der Waals surface area contributed by atoms with Crippen molar-refractivity contribution in [1.82, 2.24) is 10.2 Å².